The zero-order valence-electron chi connectivity index (χ0n) is 18.7. The Morgan fingerprint density at radius 1 is 1.12 bits per heavy atom. The van der Waals surface area contributed by atoms with Crippen molar-refractivity contribution in [2.75, 3.05) is 13.1 Å². The average Bonchev–Trinajstić information content (AvgIpc) is 3.31. The molecule has 3 saturated carbocycles. The molecule has 5 rings (SSSR count). The molecule has 1 spiro atoms. The Morgan fingerprint density at radius 3 is 2.48 bits per heavy atom. The van der Waals surface area contributed by atoms with Gasteiger partial charge in [-0.05, 0) is 92.8 Å². The van der Waals surface area contributed by atoms with Crippen molar-refractivity contribution in [3.63, 3.8) is 0 Å². The van der Waals surface area contributed by atoms with E-state index in [9.17, 15) is 19.1 Å². The number of piperidine rings is 1. The lowest BCUT2D eigenvalue weighted by atomic mass is 9.78. The van der Waals surface area contributed by atoms with Gasteiger partial charge in [0.2, 0.25) is 5.91 Å². The van der Waals surface area contributed by atoms with Gasteiger partial charge in [0.25, 0.3) is 0 Å². The minimum absolute atomic E-state index is 0. The van der Waals surface area contributed by atoms with E-state index in [4.69, 9.17) is 0 Å². The van der Waals surface area contributed by atoms with E-state index >= 15 is 0 Å². The monoisotopic (exact) mass is 542 g/mol. The molecule has 1 aromatic rings. The lowest BCUT2D eigenvalue weighted by Crippen LogP contribution is -2.41. The number of halogens is 3. The highest BCUT2D eigenvalue weighted by atomic mass is 79.9. The van der Waals surface area contributed by atoms with Crippen molar-refractivity contribution in [2.45, 2.75) is 51.5 Å². The molecule has 5 nitrogen and oxygen atoms in total. The van der Waals surface area contributed by atoms with Crippen molar-refractivity contribution in [1.82, 2.24) is 10.6 Å². The minimum atomic E-state index is -0.837. The second-order valence-electron chi connectivity index (χ2n) is 10.4. The predicted molar refractivity (Wildman–Crippen MR) is 129 cm³/mol. The molecule has 2 unspecified atom stereocenters. The van der Waals surface area contributed by atoms with Crippen LogP contribution in [-0.2, 0) is 16.1 Å². The fourth-order valence-electron chi connectivity index (χ4n) is 7.59. The molecule has 1 heterocycles. The van der Waals surface area contributed by atoms with Gasteiger partial charge in [-0.3, -0.25) is 9.59 Å². The number of benzene rings is 1. The van der Waals surface area contributed by atoms with Gasteiger partial charge < -0.3 is 15.7 Å². The van der Waals surface area contributed by atoms with Gasteiger partial charge in [0.1, 0.15) is 5.82 Å². The summed E-state index contributed by atoms with van der Waals surface area (Å²) in [6.45, 7) is 2.30. The van der Waals surface area contributed by atoms with Crippen LogP contribution >= 0.6 is 28.3 Å². The zero-order chi connectivity index (χ0) is 22.5. The molecular formula is C25H33BrClFN2O3. The predicted octanol–water partition coefficient (Wildman–Crippen LogP) is 4.77. The lowest BCUT2D eigenvalue weighted by Gasteiger charge is -2.27. The number of aliphatic carboxylic acids is 1. The molecule has 1 amide bonds. The summed E-state index contributed by atoms with van der Waals surface area (Å²) in [4.78, 5) is 25.5. The molecule has 1 aromatic carbocycles. The second kappa shape index (κ2) is 9.82. The maximum absolute atomic E-state index is 14.2. The van der Waals surface area contributed by atoms with Crippen LogP contribution in [0.1, 0.15) is 50.5 Å². The van der Waals surface area contributed by atoms with Crippen LogP contribution in [0.3, 0.4) is 0 Å². The van der Waals surface area contributed by atoms with Crippen molar-refractivity contribution in [3.8, 4) is 0 Å². The summed E-state index contributed by atoms with van der Waals surface area (Å²) in [5.41, 5.74) is 0.471. The number of carboxylic acids is 1. The first-order chi connectivity index (χ1) is 15.4. The number of hydrogen-bond acceptors (Lipinski definition) is 3. The van der Waals surface area contributed by atoms with Crippen molar-refractivity contribution < 1.29 is 19.1 Å². The molecule has 1 saturated heterocycles. The van der Waals surface area contributed by atoms with Crippen LogP contribution < -0.4 is 10.6 Å². The Labute approximate surface area is 209 Å². The number of carbonyl (C=O) groups is 2. The van der Waals surface area contributed by atoms with Crippen LogP contribution in [0.2, 0.25) is 0 Å². The van der Waals surface area contributed by atoms with Crippen LogP contribution in [0.5, 0.6) is 0 Å². The Bertz CT molecular complexity index is 912. The fraction of sp³-hybridized carbons (Fsp3) is 0.680. The first-order valence-corrected chi connectivity index (χ1v) is 12.9. The van der Waals surface area contributed by atoms with Crippen LogP contribution in [0.15, 0.2) is 22.7 Å². The molecule has 4 fully saturated rings. The van der Waals surface area contributed by atoms with E-state index in [1.165, 1.54) is 31.7 Å². The van der Waals surface area contributed by atoms with Crippen LogP contribution in [0.25, 0.3) is 0 Å². The lowest BCUT2D eigenvalue weighted by molar-refractivity contribution is -0.149. The Hall–Kier alpha value is -1.18. The fourth-order valence-corrected chi connectivity index (χ4v) is 7.92. The van der Waals surface area contributed by atoms with Crippen molar-refractivity contribution in [2.24, 2.45) is 40.9 Å². The zero-order valence-corrected chi connectivity index (χ0v) is 21.1. The summed E-state index contributed by atoms with van der Waals surface area (Å²) in [5.74, 6) is -0.905. The molecule has 3 N–H and O–H groups in total. The van der Waals surface area contributed by atoms with Gasteiger partial charge in [0.05, 0.1) is 11.8 Å². The van der Waals surface area contributed by atoms with Gasteiger partial charge in [-0.2, -0.15) is 0 Å². The number of rotatable bonds is 7. The highest BCUT2D eigenvalue weighted by Gasteiger charge is 2.75. The summed E-state index contributed by atoms with van der Waals surface area (Å²) in [7, 11) is 0. The number of amides is 1. The summed E-state index contributed by atoms with van der Waals surface area (Å²) < 4.78 is 14.8. The van der Waals surface area contributed by atoms with Crippen LogP contribution in [0.4, 0.5) is 4.39 Å². The molecule has 6 atom stereocenters. The van der Waals surface area contributed by atoms with Gasteiger partial charge in [-0.15, -0.1) is 12.4 Å². The molecule has 33 heavy (non-hydrogen) atoms. The van der Waals surface area contributed by atoms with Gasteiger partial charge in [-0.1, -0.05) is 28.4 Å². The van der Waals surface area contributed by atoms with E-state index in [-0.39, 0.29) is 47.9 Å². The largest absolute Gasteiger partial charge is 0.481 e. The normalized spacial score (nSPS) is 34.8. The minimum Gasteiger partial charge on any atom is -0.481 e. The molecular weight excluding hydrogens is 511 g/mol. The summed E-state index contributed by atoms with van der Waals surface area (Å²) in [6.07, 6.45) is 7.83. The van der Waals surface area contributed by atoms with E-state index in [1.807, 2.05) is 0 Å². The van der Waals surface area contributed by atoms with Gasteiger partial charge in [-0.25, -0.2) is 4.39 Å². The van der Waals surface area contributed by atoms with E-state index < -0.39 is 17.8 Å². The average molecular weight is 544 g/mol. The smallest absolute Gasteiger partial charge is 0.307 e. The molecule has 8 heteroatoms. The molecule has 182 valence electrons. The molecule has 0 aromatic heterocycles. The number of hydrogen-bond donors (Lipinski definition) is 3. The molecule has 4 aliphatic rings. The maximum atomic E-state index is 14.2. The quantitative estimate of drug-likeness (QED) is 0.463. The van der Waals surface area contributed by atoms with E-state index in [0.29, 0.717) is 16.0 Å². The third-order valence-corrected chi connectivity index (χ3v) is 9.55. The maximum Gasteiger partial charge on any atom is 0.307 e. The van der Waals surface area contributed by atoms with Gasteiger partial charge >= 0.3 is 5.97 Å². The molecule has 1 aliphatic heterocycles. The van der Waals surface area contributed by atoms with Gasteiger partial charge in [0, 0.05) is 16.6 Å². The third kappa shape index (κ3) is 4.45. The standard InChI is InChI=1S/C25H32BrFN2O3.ClH/c26-17-4-2-15(20(27)11-17)13-29-23(30)21-18-5-6-19(22(21)24(31)32)25(18)12-16(25)3-1-14-7-9-28-10-8-14;/h2,4,11,14,16,18-19,21-22,28H,1,3,5-10,12-13H2,(H,29,30)(H,31,32);1H/t16?,18-,19+,21+,22+,25?;/m0./s1. The van der Waals surface area contributed by atoms with Crippen LogP contribution in [-0.4, -0.2) is 30.1 Å². The second-order valence-corrected chi connectivity index (χ2v) is 11.3. The Balaban J connectivity index is 0.00000259. The first-order valence-electron chi connectivity index (χ1n) is 12.1. The van der Waals surface area contributed by atoms with Gasteiger partial charge in [0.15, 0.2) is 0 Å². The molecule has 3 aliphatic carbocycles. The molecule has 2 bridgehead atoms. The Kier molecular flexibility index (Phi) is 7.42. The molecule has 0 radical (unpaired) electrons. The topological polar surface area (TPSA) is 78.4 Å². The first kappa shape index (κ1) is 24.9. The van der Waals surface area contributed by atoms with E-state index in [2.05, 4.69) is 26.6 Å². The summed E-state index contributed by atoms with van der Waals surface area (Å²) in [5, 5.41) is 16.3. The highest BCUT2D eigenvalue weighted by Crippen LogP contribution is 2.78. The highest BCUT2D eigenvalue weighted by molar-refractivity contribution is 9.10. The van der Waals surface area contributed by atoms with Crippen molar-refractivity contribution >= 4 is 40.2 Å². The number of carbonyl (C=O) groups excluding carboxylic acids is 1. The Morgan fingerprint density at radius 2 is 1.82 bits per heavy atom. The third-order valence-electron chi connectivity index (χ3n) is 9.06. The van der Waals surface area contributed by atoms with E-state index in [0.717, 1.165) is 38.3 Å². The van der Waals surface area contributed by atoms with Crippen molar-refractivity contribution in [3.05, 3.63) is 34.1 Å². The summed E-state index contributed by atoms with van der Waals surface area (Å²) >= 11 is 3.24. The number of nitrogens with one attached hydrogen (secondary N) is 2. The summed E-state index contributed by atoms with van der Waals surface area (Å²) in [6, 6.07) is 4.77. The van der Waals surface area contributed by atoms with Crippen molar-refractivity contribution in [1.29, 1.82) is 0 Å². The number of carboxylic acid groups (broad SMARTS) is 1. The SMILES string of the molecule is Cl.O=C(O)[C@H]1[C@H](C(=O)NCc2ccc(Br)cc2F)[C@@H]2CC[C@H]1C21CC1CCC1CCNCC1. The van der Waals surface area contributed by atoms with E-state index in [1.54, 1.807) is 12.1 Å². The van der Waals surface area contributed by atoms with Crippen LogP contribution in [0, 0.1) is 46.7 Å².